The summed E-state index contributed by atoms with van der Waals surface area (Å²) in [7, 11) is -1.95. The van der Waals surface area contributed by atoms with E-state index in [0.717, 1.165) is 10.9 Å². The van der Waals surface area contributed by atoms with Gasteiger partial charge in [-0.25, -0.2) is 3.97 Å². The van der Waals surface area contributed by atoms with Gasteiger partial charge in [0.25, 0.3) is 0 Å². The van der Waals surface area contributed by atoms with E-state index in [1.54, 1.807) is 31.4 Å². The van der Waals surface area contributed by atoms with E-state index in [1.807, 2.05) is 12.1 Å². The average molecular weight is 369 g/mol. The third-order valence-electron chi connectivity index (χ3n) is 3.10. The number of furan rings is 1. The van der Waals surface area contributed by atoms with Crippen molar-refractivity contribution in [2.24, 2.45) is 0 Å². The number of nitrogens with one attached hydrogen (secondary N) is 1. The monoisotopic (exact) mass is 368 g/mol. The van der Waals surface area contributed by atoms with E-state index in [9.17, 15) is 8.42 Å². The molecule has 0 saturated carbocycles. The second-order valence-corrected chi connectivity index (χ2v) is 7.16. The molecule has 2 heterocycles. The van der Waals surface area contributed by atoms with Crippen molar-refractivity contribution in [3.05, 3.63) is 52.8 Å². The van der Waals surface area contributed by atoms with Crippen molar-refractivity contribution in [1.82, 2.24) is 9.29 Å². The molecule has 0 unspecified atom stereocenters. The van der Waals surface area contributed by atoms with Crippen molar-refractivity contribution in [1.29, 1.82) is 0 Å². The Bertz CT molecular complexity index is 863. The van der Waals surface area contributed by atoms with Gasteiger partial charge in [0.15, 0.2) is 0 Å². The van der Waals surface area contributed by atoms with Gasteiger partial charge < -0.3 is 9.73 Å². The average Bonchev–Trinajstić information content (AvgIpc) is 3.03. The number of rotatable bonds is 4. The first-order valence-electron chi connectivity index (χ1n) is 6.28. The maximum Gasteiger partial charge on any atom is 0.302 e. The topological polar surface area (TPSA) is 64.2 Å². The summed E-state index contributed by atoms with van der Waals surface area (Å²) in [6.45, 7) is 0.585. The Labute approximate surface area is 130 Å². The van der Waals surface area contributed by atoms with Crippen molar-refractivity contribution in [2.45, 2.75) is 11.6 Å². The molecule has 2 aromatic heterocycles. The van der Waals surface area contributed by atoms with Gasteiger partial charge in [-0.3, -0.25) is 0 Å². The van der Waals surface area contributed by atoms with Crippen LogP contribution in [0.2, 0.25) is 0 Å². The van der Waals surface area contributed by atoms with Crippen LogP contribution in [-0.4, -0.2) is 19.4 Å². The molecule has 1 aromatic carbocycles. The third kappa shape index (κ3) is 2.52. The highest BCUT2D eigenvalue weighted by atomic mass is 79.9. The van der Waals surface area contributed by atoms with Crippen molar-refractivity contribution in [3.63, 3.8) is 0 Å². The second-order valence-electron chi connectivity index (χ2n) is 4.61. The number of para-hydroxylation sites is 1. The van der Waals surface area contributed by atoms with E-state index in [1.165, 1.54) is 10.0 Å². The molecule has 0 fully saturated rings. The Balaban J connectivity index is 2.11. The van der Waals surface area contributed by atoms with Gasteiger partial charge in [0.05, 0.1) is 0 Å². The summed E-state index contributed by atoms with van der Waals surface area (Å²) in [6, 6.07) is 10.5. The fourth-order valence-corrected chi connectivity index (χ4v) is 4.32. The van der Waals surface area contributed by atoms with Crippen molar-refractivity contribution in [3.8, 4) is 0 Å². The number of benzene rings is 1. The van der Waals surface area contributed by atoms with Gasteiger partial charge in [0.2, 0.25) is 5.09 Å². The molecule has 0 atom stereocenters. The summed E-state index contributed by atoms with van der Waals surface area (Å²) >= 11 is 3.28. The molecular formula is C14H13BrN2O3S. The largest absolute Gasteiger partial charge is 0.443 e. The Morgan fingerprint density at radius 1 is 1.29 bits per heavy atom. The highest BCUT2D eigenvalue weighted by Gasteiger charge is 2.24. The minimum Gasteiger partial charge on any atom is -0.443 e. The molecule has 0 aliphatic carbocycles. The molecule has 0 bridgehead atoms. The van der Waals surface area contributed by atoms with E-state index in [2.05, 4.69) is 21.2 Å². The Morgan fingerprint density at radius 2 is 2.05 bits per heavy atom. The van der Waals surface area contributed by atoms with E-state index >= 15 is 0 Å². The lowest BCUT2D eigenvalue weighted by Gasteiger charge is -2.03. The summed E-state index contributed by atoms with van der Waals surface area (Å²) in [6.07, 6.45) is 1.57. The van der Waals surface area contributed by atoms with Crippen molar-refractivity contribution < 1.29 is 12.8 Å². The maximum atomic E-state index is 12.7. The van der Waals surface area contributed by atoms with Crippen LogP contribution < -0.4 is 5.32 Å². The summed E-state index contributed by atoms with van der Waals surface area (Å²) in [5, 5.41) is 3.67. The minimum atomic E-state index is -3.75. The zero-order valence-electron chi connectivity index (χ0n) is 11.2. The van der Waals surface area contributed by atoms with Gasteiger partial charge in [-0.15, -0.1) is 0 Å². The standard InChI is InChI=1S/C14H13BrN2O3S/c1-16-8-10-6-13(15)17(9-10)21(18,19)14-7-11-4-2-3-5-12(11)20-14/h2-7,9,16H,8H2,1H3. The fourth-order valence-electron chi connectivity index (χ4n) is 2.13. The highest BCUT2D eigenvalue weighted by Crippen LogP contribution is 2.27. The van der Waals surface area contributed by atoms with Gasteiger partial charge in [0.1, 0.15) is 10.2 Å². The molecule has 3 aromatic rings. The van der Waals surface area contributed by atoms with Crippen LogP contribution in [0.15, 0.2) is 56.7 Å². The van der Waals surface area contributed by atoms with Gasteiger partial charge in [-0.2, -0.15) is 8.42 Å². The second kappa shape index (κ2) is 5.32. The highest BCUT2D eigenvalue weighted by molar-refractivity contribution is 9.10. The quantitative estimate of drug-likeness (QED) is 0.768. The maximum absolute atomic E-state index is 12.7. The number of nitrogens with zero attached hydrogens (tertiary/aromatic N) is 1. The van der Waals surface area contributed by atoms with Crippen LogP contribution in [0.4, 0.5) is 0 Å². The van der Waals surface area contributed by atoms with Crippen LogP contribution in [0, 0.1) is 0 Å². The van der Waals surface area contributed by atoms with E-state index < -0.39 is 10.0 Å². The molecule has 110 valence electrons. The van der Waals surface area contributed by atoms with Crippen LogP contribution in [0.1, 0.15) is 5.56 Å². The van der Waals surface area contributed by atoms with Crippen molar-refractivity contribution in [2.75, 3.05) is 7.05 Å². The van der Waals surface area contributed by atoms with Crippen LogP contribution in [0.3, 0.4) is 0 Å². The summed E-state index contributed by atoms with van der Waals surface area (Å²) in [5.74, 6) is 0. The Hall–Kier alpha value is -1.57. The van der Waals surface area contributed by atoms with Crippen molar-refractivity contribution >= 4 is 36.9 Å². The molecule has 0 amide bonds. The van der Waals surface area contributed by atoms with Gasteiger partial charge in [-0.1, -0.05) is 18.2 Å². The molecule has 7 heteroatoms. The lowest BCUT2D eigenvalue weighted by atomic mass is 10.3. The Morgan fingerprint density at radius 3 is 2.76 bits per heavy atom. The molecule has 1 N–H and O–H groups in total. The fraction of sp³-hybridized carbons (Fsp3) is 0.143. The van der Waals surface area contributed by atoms with Gasteiger partial charge >= 0.3 is 10.0 Å². The number of aromatic nitrogens is 1. The predicted molar refractivity (Wildman–Crippen MR) is 83.7 cm³/mol. The lowest BCUT2D eigenvalue weighted by Crippen LogP contribution is -2.11. The summed E-state index contributed by atoms with van der Waals surface area (Å²) in [5.41, 5.74) is 1.42. The molecule has 21 heavy (non-hydrogen) atoms. The molecular weight excluding hydrogens is 356 g/mol. The number of fused-ring (bicyclic) bond motifs is 1. The molecule has 0 radical (unpaired) electrons. The normalized spacial score (nSPS) is 12.1. The minimum absolute atomic E-state index is 0.0731. The smallest absolute Gasteiger partial charge is 0.302 e. The van der Waals surface area contributed by atoms with E-state index in [4.69, 9.17) is 4.42 Å². The molecule has 0 saturated heterocycles. The van der Waals surface area contributed by atoms with Crippen LogP contribution in [-0.2, 0) is 16.6 Å². The predicted octanol–water partition coefficient (Wildman–Crippen LogP) is 2.95. The number of hydrogen-bond acceptors (Lipinski definition) is 4. The van der Waals surface area contributed by atoms with Crippen LogP contribution in [0.25, 0.3) is 11.0 Å². The molecule has 0 aliphatic rings. The first-order valence-corrected chi connectivity index (χ1v) is 8.51. The zero-order chi connectivity index (χ0) is 15.0. The Kier molecular flexibility index (Phi) is 3.64. The van der Waals surface area contributed by atoms with Crippen LogP contribution in [0.5, 0.6) is 0 Å². The zero-order valence-corrected chi connectivity index (χ0v) is 13.6. The van der Waals surface area contributed by atoms with Crippen LogP contribution >= 0.6 is 15.9 Å². The van der Waals surface area contributed by atoms with E-state index in [0.29, 0.717) is 16.7 Å². The van der Waals surface area contributed by atoms with Gasteiger partial charge in [0, 0.05) is 24.2 Å². The summed E-state index contributed by atoms with van der Waals surface area (Å²) in [4.78, 5) is 0. The first kappa shape index (κ1) is 14.4. The molecule has 0 spiro atoms. The van der Waals surface area contributed by atoms with E-state index in [-0.39, 0.29) is 5.09 Å². The molecule has 0 aliphatic heterocycles. The lowest BCUT2D eigenvalue weighted by molar-refractivity contribution is 0.477. The number of hydrogen-bond donors (Lipinski definition) is 1. The SMILES string of the molecule is CNCc1cc(Br)n(S(=O)(=O)c2cc3ccccc3o2)c1. The molecule has 3 rings (SSSR count). The first-order chi connectivity index (χ1) is 10.0. The van der Waals surface area contributed by atoms with Gasteiger partial charge in [-0.05, 0) is 40.7 Å². The third-order valence-corrected chi connectivity index (χ3v) is 5.47. The summed E-state index contributed by atoms with van der Waals surface area (Å²) < 4.78 is 32.4. The molecule has 5 nitrogen and oxygen atoms in total. The number of halogens is 1.